The summed E-state index contributed by atoms with van der Waals surface area (Å²) in [4.78, 5) is 7.25. The van der Waals surface area contributed by atoms with Crippen LogP contribution in [-0.4, -0.2) is 53.0 Å². The van der Waals surface area contributed by atoms with Crippen LogP contribution in [-0.2, 0) is 6.54 Å². The van der Waals surface area contributed by atoms with Crippen LogP contribution < -0.4 is 29.7 Å². The number of thiophene rings is 1. The van der Waals surface area contributed by atoms with Crippen LogP contribution in [0.1, 0.15) is 25.3 Å². The molecule has 1 saturated heterocycles. The molecule has 2 heterocycles. The Morgan fingerprint density at radius 2 is 1.87 bits per heavy atom. The van der Waals surface area contributed by atoms with Crippen molar-refractivity contribution in [2.45, 2.75) is 32.4 Å². The van der Waals surface area contributed by atoms with E-state index in [1.54, 1.807) is 32.7 Å². The molecule has 30 heavy (non-hydrogen) atoms. The minimum atomic E-state index is 0.409. The maximum atomic E-state index is 5.58. The zero-order chi connectivity index (χ0) is 21.3. The van der Waals surface area contributed by atoms with Crippen LogP contribution in [0.5, 0.6) is 17.2 Å². The van der Waals surface area contributed by atoms with Crippen LogP contribution >= 0.6 is 11.3 Å². The van der Waals surface area contributed by atoms with Crippen LogP contribution in [0.15, 0.2) is 34.6 Å². The summed E-state index contributed by atoms with van der Waals surface area (Å²) in [6, 6.07) is 8.56. The van der Waals surface area contributed by atoms with Crippen LogP contribution in [0.3, 0.4) is 0 Å². The highest BCUT2D eigenvalue weighted by atomic mass is 32.1. The first-order chi connectivity index (χ1) is 14.7. The van der Waals surface area contributed by atoms with E-state index in [9.17, 15) is 0 Å². The van der Waals surface area contributed by atoms with E-state index in [4.69, 9.17) is 19.2 Å². The molecule has 2 N–H and O–H groups in total. The molecule has 0 bridgehead atoms. The lowest BCUT2D eigenvalue weighted by Crippen LogP contribution is -2.48. The van der Waals surface area contributed by atoms with Crippen molar-refractivity contribution in [3.8, 4) is 17.2 Å². The summed E-state index contributed by atoms with van der Waals surface area (Å²) in [6.45, 7) is 5.48. The van der Waals surface area contributed by atoms with Gasteiger partial charge in [-0.05, 0) is 49.4 Å². The average Bonchev–Trinajstić information content (AvgIpc) is 3.32. The third kappa shape index (κ3) is 5.30. The van der Waals surface area contributed by atoms with Crippen molar-refractivity contribution in [2.24, 2.45) is 4.99 Å². The topological polar surface area (TPSA) is 67.4 Å². The highest BCUT2D eigenvalue weighted by Crippen LogP contribution is 2.40. The fourth-order valence-electron chi connectivity index (χ4n) is 3.66. The van der Waals surface area contributed by atoms with Crippen LogP contribution in [0.25, 0.3) is 0 Å². The molecule has 1 aromatic carbocycles. The number of hydrogen-bond donors (Lipinski definition) is 2. The molecule has 2 aromatic rings. The largest absolute Gasteiger partial charge is 0.493 e. The first-order valence-electron chi connectivity index (χ1n) is 10.3. The molecule has 0 atom stereocenters. The first kappa shape index (κ1) is 22.1. The highest BCUT2D eigenvalue weighted by Gasteiger charge is 2.21. The van der Waals surface area contributed by atoms with E-state index >= 15 is 0 Å². The summed E-state index contributed by atoms with van der Waals surface area (Å²) in [6.07, 6.45) is 2.17. The molecule has 0 radical (unpaired) electrons. The molecule has 0 aliphatic carbocycles. The number of hydrogen-bond acceptors (Lipinski definition) is 6. The highest BCUT2D eigenvalue weighted by molar-refractivity contribution is 7.14. The van der Waals surface area contributed by atoms with Gasteiger partial charge in [0.25, 0.3) is 0 Å². The number of methoxy groups -OCH3 is 3. The van der Waals surface area contributed by atoms with Crippen molar-refractivity contribution < 1.29 is 14.2 Å². The van der Waals surface area contributed by atoms with Crippen LogP contribution in [0.4, 0.5) is 5.00 Å². The molecule has 1 aliphatic rings. The van der Waals surface area contributed by atoms with E-state index in [0.29, 0.717) is 29.8 Å². The second kappa shape index (κ2) is 11.0. The molecule has 0 unspecified atom stereocenters. The Kier molecular flexibility index (Phi) is 8.07. The molecule has 7 nitrogen and oxygen atoms in total. The SMILES string of the molecule is CCNC(=NCc1ccc(OC)c(OC)c1OC)NC1CCN(c2cccs2)CC1. The van der Waals surface area contributed by atoms with E-state index in [0.717, 1.165) is 44.0 Å². The van der Waals surface area contributed by atoms with Gasteiger partial charge in [0.15, 0.2) is 17.5 Å². The van der Waals surface area contributed by atoms with Gasteiger partial charge in [0, 0.05) is 31.2 Å². The van der Waals surface area contributed by atoms with Gasteiger partial charge in [0.2, 0.25) is 5.75 Å². The molecule has 0 saturated carbocycles. The van der Waals surface area contributed by atoms with E-state index in [1.807, 2.05) is 12.1 Å². The lowest BCUT2D eigenvalue weighted by atomic mass is 10.1. The van der Waals surface area contributed by atoms with Gasteiger partial charge in [-0.25, -0.2) is 4.99 Å². The van der Waals surface area contributed by atoms with Crippen molar-refractivity contribution in [3.63, 3.8) is 0 Å². The summed E-state index contributed by atoms with van der Waals surface area (Å²) in [5.74, 6) is 2.71. The zero-order valence-electron chi connectivity index (χ0n) is 18.2. The molecule has 0 amide bonds. The second-order valence-electron chi connectivity index (χ2n) is 7.05. The lowest BCUT2D eigenvalue weighted by molar-refractivity contribution is 0.322. The van der Waals surface area contributed by atoms with Gasteiger partial charge in [-0.2, -0.15) is 0 Å². The van der Waals surface area contributed by atoms with Gasteiger partial charge < -0.3 is 29.7 Å². The molecule has 0 spiro atoms. The minimum Gasteiger partial charge on any atom is -0.493 e. The van der Waals surface area contributed by atoms with Crippen molar-refractivity contribution in [3.05, 3.63) is 35.2 Å². The van der Waals surface area contributed by atoms with E-state index in [2.05, 4.69) is 40.0 Å². The van der Waals surface area contributed by atoms with Crippen molar-refractivity contribution >= 4 is 22.3 Å². The number of rotatable bonds is 8. The summed E-state index contributed by atoms with van der Waals surface area (Å²) in [5, 5.41) is 10.5. The van der Waals surface area contributed by atoms with Gasteiger partial charge >= 0.3 is 0 Å². The molecule has 8 heteroatoms. The number of nitrogens with one attached hydrogen (secondary N) is 2. The number of ether oxygens (including phenoxy) is 3. The normalized spacial score (nSPS) is 15.1. The quantitative estimate of drug-likeness (QED) is 0.492. The van der Waals surface area contributed by atoms with E-state index < -0.39 is 0 Å². The summed E-state index contributed by atoms with van der Waals surface area (Å²) >= 11 is 1.81. The summed E-state index contributed by atoms with van der Waals surface area (Å²) < 4.78 is 16.4. The Balaban J connectivity index is 1.65. The number of nitrogens with zero attached hydrogens (tertiary/aromatic N) is 2. The fourth-order valence-corrected chi connectivity index (χ4v) is 4.44. The molecule has 1 aliphatic heterocycles. The van der Waals surface area contributed by atoms with Crippen LogP contribution in [0.2, 0.25) is 0 Å². The van der Waals surface area contributed by atoms with Gasteiger partial charge in [-0.3, -0.25) is 0 Å². The number of guanidine groups is 1. The Labute approximate surface area is 183 Å². The van der Waals surface area contributed by atoms with Gasteiger partial charge in [-0.15, -0.1) is 11.3 Å². The predicted octanol–water partition coefficient (Wildman–Crippen LogP) is 3.50. The smallest absolute Gasteiger partial charge is 0.203 e. The number of anilines is 1. The van der Waals surface area contributed by atoms with E-state index in [-0.39, 0.29) is 0 Å². The fraction of sp³-hybridized carbons (Fsp3) is 0.500. The molecule has 1 fully saturated rings. The van der Waals surface area contributed by atoms with Crippen LogP contribution in [0, 0.1) is 0 Å². The Bertz CT molecular complexity index is 818. The van der Waals surface area contributed by atoms with Gasteiger partial charge in [0.05, 0.1) is 32.9 Å². The first-order valence-corrected chi connectivity index (χ1v) is 11.2. The summed E-state index contributed by atoms with van der Waals surface area (Å²) in [5.41, 5.74) is 0.944. The predicted molar refractivity (Wildman–Crippen MR) is 124 cm³/mol. The average molecular weight is 433 g/mol. The number of piperidine rings is 1. The molecule has 3 rings (SSSR count). The summed E-state index contributed by atoms with van der Waals surface area (Å²) in [7, 11) is 4.86. The monoisotopic (exact) mass is 432 g/mol. The maximum Gasteiger partial charge on any atom is 0.203 e. The number of benzene rings is 1. The molecule has 164 valence electrons. The number of aliphatic imine (C=N–C) groups is 1. The Morgan fingerprint density at radius 3 is 2.47 bits per heavy atom. The van der Waals surface area contributed by atoms with Crippen molar-refractivity contribution in [1.29, 1.82) is 0 Å². The van der Waals surface area contributed by atoms with Gasteiger partial charge in [0.1, 0.15) is 0 Å². The zero-order valence-corrected chi connectivity index (χ0v) is 19.1. The maximum absolute atomic E-state index is 5.58. The molecule has 1 aromatic heterocycles. The van der Waals surface area contributed by atoms with Gasteiger partial charge in [-0.1, -0.05) is 0 Å². The Morgan fingerprint density at radius 1 is 1.10 bits per heavy atom. The lowest BCUT2D eigenvalue weighted by Gasteiger charge is -2.33. The second-order valence-corrected chi connectivity index (χ2v) is 7.97. The van der Waals surface area contributed by atoms with E-state index in [1.165, 1.54) is 5.00 Å². The van der Waals surface area contributed by atoms with Crippen molar-refractivity contribution in [2.75, 3.05) is 45.9 Å². The minimum absolute atomic E-state index is 0.409. The molecular formula is C22H32N4O3S. The third-order valence-electron chi connectivity index (χ3n) is 5.19. The van der Waals surface area contributed by atoms with Crippen molar-refractivity contribution in [1.82, 2.24) is 10.6 Å². The molecular weight excluding hydrogens is 400 g/mol. The third-order valence-corrected chi connectivity index (χ3v) is 6.12. The Hall–Kier alpha value is -2.61. The standard InChI is InChI=1S/C22H32N4O3S/c1-5-23-22(25-17-10-12-26(13-11-17)19-7-6-14-30-19)24-15-16-8-9-18(27-2)21(29-4)20(16)28-3/h6-9,14,17H,5,10-13,15H2,1-4H3,(H2,23,24,25).